The van der Waals surface area contributed by atoms with Crippen LogP contribution in [0.4, 0.5) is 0 Å². The number of nitrogens with zero attached hydrogens (tertiary/aromatic N) is 7. The number of aliphatic hydroxyl groups is 1. The molecule has 2 fully saturated rings. The minimum Gasteiger partial charge on any atom is -0.388 e. The van der Waals surface area contributed by atoms with Crippen molar-refractivity contribution in [2.45, 2.75) is 43.9 Å². The van der Waals surface area contributed by atoms with E-state index >= 15 is 0 Å². The molecule has 8 rings (SSSR count). The molecule has 0 unspecified atom stereocenters. The Balaban J connectivity index is 0.928. The molecule has 12 nitrogen and oxygen atoms in total. The van der Waals surface area contributed by atoms with E-state index in [-0.39, 0.29) is 29.8 Å². The highest BCUT2D eigenvalue weighted by Gasteiger charge is 2.41. The lowest BCUT2D eigenvalue weighted by atomic mass is 9.79. The molecule has 0 spiro atoms. The van der Waals surface area contributed by atoms with E-state index in [1.54, 1.807) is 29.7 Å². The first-order valence-electron chi connectivity index (χ1n) is 17.8. The molecule has 0 bridgehead atoms. The highest BCUT2D eigenvalue weighted by Crippen LogP contribution is 2.37. The predicted molar refractivity (Wildman–Crippen MR) is 203 cm³/mol. The molecule has 2 aromatic carbocycles. The number of hydrogen-bond acceptors (Lipinski definition) is 9. The number of amides is 2. The van der Waals surface area contributed by atoms with Crippen LogP contribution < -0.4 is 11.3 Å². The average Bonchev–Trinajstić information content (AvgIpc) is 3.85. The van der Waals surface area contributed by atoms with E-state index in [1.165, 1.54) is 17.1 Å². The lowest BCUT2D eigenvalue weighted by Gasteiger charge is -2.43. The Kier molecular flexibility index (Phi) is 9.46. The fourth-order valence-electron chi connectivity index (χ4n) is 7.74. The van der Waals surface area contributed by atoms with Gasteiger partial charge in [-0.15, -0.1) is 11.3 Å². The number of likely N-dealkylation sites (tertiary alicyclic amines) is 2. The normalized spacial score (nSPS) is 19.0. The zero-order chi connectivity index (χ0) is 36.5. The van der Waals surface area contributed by atoms with Crippen LogP contribution in [0, 0.1) is 5.92 Å². The fraction of sp³-hybridized carbons (Fsp3) is 0.300. The largest absolute Gasteiger partial charge is 0.388 e. The molecule has 3 N–H and O–H groups in total. The summed E-state index contributed by atoms with van der Waals surface area (Å²) >= 11 is 1.56. The molecular weight excluding hydrogens is 689 g/mol. The molecule has 4 aromatic heterocycles. The summed E-state index contributed by atoms with van der Waals surface area (Å²) in [5.74, 6) is -0.604. The first kappa shape index (κ1) is 34.6. The second kappa shape index (κ2) is 14.5. The van der Waals surface area contributed by atoms with Gasteiger partial charge >= 0.3 is 0 Å². The van der Waals surface area contributed by atoms with Crippen LogP contribution >= 0.6 is 11.3 Å². The summed E-state index contributed by atoms with van der Waals surface area (Å²) in [4.78, 5) is 58.1. The molecule has 0 radical (unpaired) electrons. The van der Waals surface area contributed by atoms with E-state index in [9.17, 15) is 19.5 Å². The summed E-state index contributed by atoms with van der Waals surface area (Å²) < 4.78 is 3.38. The SMILES string of the molecule is NC(=O)c1cncc(-c2ncc(CN3CC[C@@H](C(=O)N4CCC(O)(Cn5cnc6c(ccn6-c6ccccc6)c5=O)CC4)[C@H](c4ccccc4)C3)s2)c1. The zero-order valence-electron chi connectivity index (χ0n) is 29.1. The number of thiazole rings is 1. The molecule has 6 heterocycles. The van der Waals surface area contributed by atoms with Gasteiger partial charge in [0.2, 0.25) is 11.8 Å². The topological polar surface area (TPSA) is 152 Å². The van der Waals surface area contributed by atoms with Crippen molar-refractivity contribution in [1.29, 1.82) is 0 Å². The third-order valence-electron chi connectivity index (χ3n) is 10.6. The summed E-state index contributed by atoms with van der Waals surface area (Å²) in [5.41, 5.74) is 7.84. The third kappa shape index (κ3) is 7.15. The van der Waals surface area contributed by atoms with Gasteiger partial charge < -0.3 is 20.3 Å². The van der Waals surface area contributed by atoms with Gasteiger partial charge in [0.15, 0.2) is 5.65 Å². The highest BCUT2D eigenvalue weighted by atomic mass is 32.1. The minimum absolute atomic E-state index is 0.00155. The van der Waals surface area contributed by atoms with E-state index in [1.807, 2.05) is 70.4 Å². The molecule has 0 saturated carbocycles. The van der Waals surface area contributed by atoms with Crippen molar-refractivity contribution in [3.8, 4) is 16.3 Å². The second-order valence-corrected chi connectivity index (χ2v) is 15.2. The van der Waals surface area contributed by atoms with Crippen molar-refractivity contribution in [1.82, 2.24) is 33.9 Å². The van der Waals surface area contributed by atoms with E-state index in [4.69, 9.17) is 5.73 Å². The maximum atomic E-state index is 14.2. The molecule has 2 amide bonds. The summed E-state index contributed by atoms with van der Waals surface area (Å²) in [7, 11) is 0. The first-order chi connectivity index (χ1) is 25.7. The van der Waals surface area contributed by atoms with Crippen LogP contribution in [0.25, 0.3) is 27.3 Å². The number of carbonyl (C=O) groups is 2. The van der Waals surface area contributed by atoms with Gasteiger partial charge in [0.05, 0.1) is 23.1 Å². The van der Waals surface area contributed by atoms with Gasteiger partial charge in [-0.2, -0.15) is 0 Å². The average molecular weight is 729 g/mol. The highest BCUT2D eigenvalue weighted by molar-refractivity contribution is 7.15. The van der Waals surface area contributed by atoms with Crippen LogP contribution in [0.3, 0.4) is 0 Å². The molecule has 6 aromatic rings. The summed E-state index contributed by atoms with van der Waals surface area (Å²) in [6.45, 7) is 3.12. The Bertz CT molecular complexity index is 2310. The van der Waals surface area contributed by atoms with Crippen molar-refractivity contribution < 1.29 is 14.7 Å². The van der Waals surface area contributed by atoms with Gasteiger partial charge in [0, 0.05) is 78.9 Å². The molecule has 2 atom stereocenters. The summed E-state index contributed by atoms with van der Waals surface area (Å²) in [5, 5.41) is 12.9. The van der Waals surface area contributed by atoms with Gasteiger partial charge in [-0.25, -0.2) is 9.97 Å². The molecule has 13 heteroatoms. The number of para-hydroxylation sites is 1. The second-order valence-electron chi connectivity index (χ2n) is 14.1. The van der Waals surface area contributed by atoms with Gasteiger partial charge in [-0.1, -0.05) is 48.5 Å². The number of pyridine rings is 1. The molecule has 2 aliphatic rings. The van der Waals surface area contributed by atoms with Crippen LogP contribution in [-0.4, -0.2) is 82.6 Å². The molecule has 270 valence electrons. The van der Waals surface area contributed by atoms with Crippen LogP contribution in [0.1, 0.15) is 46.0 Å². The quantitative estimate of drug-likeness (QED) is 0.222. The number of hydrogen-bond donors (Lipinski definition) is 2. The Morgan fingerprint density at radius 2 is 1.70 bits per heavy atom. The Morgan fingerprint density at radius 3 is 2.45 bits per heavy atom. The van der Waals surface area contributed by atoms with Crippen molar-refractivity contribution >= 4 is 34.2 Å². The van der Waals surface area contributed by atoms with Crippen molar-refractivity contribution in [3.05, 3.63) is 130 Å². The Labute approximate surface area is 310 Å². The molecule has 2 aliphatic heterocycles. The summed E-state index contributed by atoms with van der Waals surface area (Å²) in [6, 6.07) is 23.5. The van der Waals surface area contributed by atoms with E-state index in [0.717, 1.165) is 33.2 Å². The molecular formula is C40H40N8O4S. The number of aromatic nitrogens is 5. The monoisotopic (exact) mass is 728 g/mol. The molecule has 0 aliphatic carbocycles. The Hall–Kier alpha value is -5.50. The number of carbonyl (C=O) groups excluding carboxylic acids is 2. The van der Waals surface area contributed by atoms with Crippen molar-refractivity contribution in [2.24, 2.45) is 11.7 Å². The third-order valence-corrected chi connectivity index (χ3v) is 11.7. The summed E-state index contributed by atoms with van der Waals surface area (Å²) in [6.07, 6.45) is 9.80. The number of fused-ring (bicyclic) bond motifs is 1. The van der Waals surface area contributed by atoms with Crippen LogP contribution in [-0.2, 0) is 17.9 Å². The number of benzene rings is 2. The van der Waals surface area contributed by atoms with E-state index in [0.29, 0.717) is 62.0 Å². The smallest absolute Gasteiger partial charge is 0.262 e. The maximum absolute atomic E-state index is 14.2. The van der Waals surface area contributed by atoms with E-state index in [2.05, 4.69) is 32.0 Å². The van der Waals surface area contributed by atoms with Crippen molar-refractivity contribution in [3.63, 3.8) is 0 Å². The number of piperidine rings is 2. The van der Waals surface area contributed by atoms with Gasteiger partial charge in [0.25, 0.3) is 5.56 Å². The zero-order valence-corrected chi connectivity index (χ0v) is 29.9. The standard InChI is InChI=1S/C40H40N8O4S/c41-35(49)28-19-29(21-42-20-28)37-43-22-31(53-37)23-45-15-11-32(34(24-45)27-7-3-1-4-8-27)38(50)46-17-13-40(52,14-18-46)25-47-26-44-36-33(39(47)51)12-16-48(36)30-9-5-2-6-10-30/h1-10,12,16,19-22,26,32,34,52H,11,13-15,17-18,23-25H2,(H2,41,49)/t32-,34+/m1/s1. The van der Waals surface area contributed by atoms with Gasteiger partial charge in [0.1, 0.15) is 11.3 Å². The Morgan fingerprint density at radius 1 is 0.943 bits per heavy atom. The first-order valence-corrected chi connectivity index (χ1v) is 18.7. The van der Waals surface area contributed by atoms with Crippen LogP contribution in [0.5, 0.6) is 0 Å². The number of primary amides is 1. The molecule has 53 heavy (non-hydrogen) atoms. The van der Waals surface area contributed by atoms with Crippen LogP contribution in [0.2, 0.25) is 0 Å². The lowest BCUT2D eigenvalue weighted by molar-refractivity contribution is -0.142. The maximum Gasteiger partial charge on any atom is 0.262 e. The predicted octanol–water partition coefficient (Wildman–Crippen LogP) is 4.46. The van der Waals surface area contributed by atoms with E-state index < -0.39 is 11.5 Å². The number of rotatable bonds is 9. The lowest BCUT2D eigenvalue weighted by Crippen LogP contribution is -2.53. The molecule has 2 saturated heterocycles. The van der Waals surface area contributed by atoms with Gasteiger partial charge in [-0.3, -0.25) is 28.8 Å². The van der Waals surface area contributed by atoms with Crippen molar-refractivity contribution in [2.75, 3.05) is 26.2 Å². The van der Waals surface area contributed by atoms with Gasteiger partial charge in [-0.05, 0) is 55.6 Å². The van der Waals surface area contributed by atoms with Crippen LogP contribution in [0.15, 0.2) is 109 Å². The fourth-order valence-corrected chi connectivity index (χ4v) is 8.68. The minimum atomic E-state index is -1.13. The number of nitrogens with two attached hydrogens (primary N) is 1.